The van der Waals surface area contributed by atoms with E-state index < -0.39 is 18.1 Å². The van der Waals surface area contributed by atoms with Gasteiger partial charge in [-0.05, 0) is 18.2 Å². The zero-order valence-corrected chi connectivity index (χ0v) is 18.0. The molecule has 0 aliphatic heterocycles. The van der Waals surface area contributed by atoms with Gasteiger partial charge in [-0.1, -0.05) is 27.5 Å². The van der Waals surface area contributed by atoms with E-state index in [1.807, 2.05) is 0 Å². The molecule has 0 fully saturated rings. The molecule has 0 aliphatic carbocycles. The zero-order chi connectivity index (χ0) is 21.3. The molecule has 29 heavy (non-hydrogen) atoms. The van der Waals surface area contributed by atoms with E-state index in [0.717, 1.165) is 4.47 Å². The summed E-state index contributed by atoms with van der Waals surface area (Å²) < 4.78 is 9.14. The van der Waals surface area contributed by atoms with Crippen LogP contribution in [0.25, 0.3) is 11.0 Å². The fourth-order valence-corrected chi connectivity index (χ4v) is 3.64. The van der Waals surface area contributed by atoms with Gasteiger partial charge < -0.3 is 24.8 Å². The van der Waals surface area contributed by atoms with Crippen molar-refractivity contribution in [1.82, 2.24) is 9.13 Å². The Morgan fingerprint density at radius 1 is 1.24 bits per heavy atom. The topological polar surface area (TPSA) is 106 Å². The minimum atomic E-state index is -1.12. The molecule has 3 rings (SSSR count). The third kappa shape index (κ3) is 4.32. The van der Waals surface area contributed by atoms with E-state index in [1.165, 1.54) is 16.8 Å². The predicted octanol–water partition coefficient (Wildman–Crippen LogP) is 2.13. The summed E-state index contributed by atoms with van der Waals surface area (Å²) in [6.45, 7) is -0.735. The Labute approximate surface area is 179 Å². The Morgan fingerprint density at radius 3 is 2.62 bits per heavy atom. The molecule has 3 N–H and O–H groups in total. The first-order chi connectivity index (χ1) is 13.7. The highest BCUT2D eigenvalue weighted by molar-refractivity contribution is 9.10. The molecular formula is C19H19BrClN3O5. The molecule has 0 saturated heterocycles. The smallest absolute Gasteiger partial charge is 0.253 e. The lowest BCUT2D eigenvalue weighted by molar-refractivity contribution is 0.0531. The maximum atomic E-state index is 13.1. The lowest BCUT2D eigenvalue weighted by Gasteiger charge is -2.17. The average molecular weight is 485 g/mol. The van der Waals surface area contributed by atoms with Gasteiger partial charge in [0.05, 0.1) is 34.6 Å². The summed E-state index contributed by atoms with van der Waals surface area (Å²) in [5.74, 6) is -0.0175. The second-order valence-corrected chi connectivity index (χ2v) is 7.81. The van der Waals surface area contributed by atoms with E-state index in [2.05, 4.69) is 21.2 Å². The molecule has 0 amide bonds. The molecule has 0 radical (unpaired) electrons. The van der Waals surface area contributed by atoms with E-state index in [1.54, 1.807) is 36.9 Å². The minimum Gasteiger partial charge on any atom is -0.485 e. The van der Waals surface area contributed by atoms with Gasteiger partial charge in [0.25, 0.3) is 5.56 Å². The maximum absolute atomic E-state index is 13.1. The fourth-order valence-electron chi connectivity index (χ4n) is 2.92. The number of aromatic nitrogens is 2. The molecule has 3 aromatic rings. The molecule has 10 heteroatoms. The second kappa shape index (κ2) is 8.58. The van der Waals surface area contributed by atoms with Crippen molar-refractivity contribution in [3.8, 4) is 5.75 Å². The van der Waals surface area contributed by atoms with Crippen LogP contribution < -0.4 is 21.0 Å². The van der Waals surface area contributed by atoms with Crippen LogP contribution in [0.2, 0.25) is 5.02 Å². The Bertz CT molecular complexity index is 1190. The van der Waals surface area contributed by atoms with Gasteiger partial charge in [-0.3, -0.25) is 14.2 Å². The van der Waals surface area contributed by atoms with E-state index >= 15 is 0 Å². The van der Waals surface area contributed by atoms with Gasteiger partial charge in [0.15, 0.2) is 5.75 Å². The minimum absolute atomic E-state index is 0.0175. The van der Waals surface area contributed by atoms with Gasteiger partial charge in [0.1, 0.15) is 18.4 Å². The number of anilines is 2. The number of aliphatic hydroxyl groups is 2. The molecule has 2 heterocycles. The highest BCUT2D eigenvalue weighted by Gasteiger charge is 2.18. The lowest BCUT2D eigenvalue weighted by Crippen LogP contribution is -2.26. The van der Waals surface area contributed by atoms with E-state index in [-0.39, 0.29) is 29.0 Å². The second-order valence-electron chi connectivity index (χ2n) is 6.48. The number of benzene rings is 1. The highest BCUT2D eigenvalue weighted by Crippen LogP contribution is 2.30. The molecule has 0 spiro atoms. The number of nitrogens with zero attached hydrogens (tertiary/aromatic N) is 2. The highest BCUT2D eigenvalue weighted by atomic mass is 79.9. The Kier molecular flexibility index (Phi) is 6.33. The SMILES string of the molecule is Cn1cc(OC[C@H](O)CO)c(=O)c2c(Nc3ccc(Br)cc3Cl)cc(=O)n(C)c21. The number of halogens is 2. The molecular weight excluding hydrogens is 466 g/mol. The first kappa shape index (κ1) is 21.4. The molecule has 8 nitrogen and oxygen atoms in total. The van der Waals surface area contributed by atoms with Gasteiger partial charge in [0.2, 0.25) is 5.43 Å². The molecule has 1 aromatic carbocycles. The van der Waals surface area contributed by atoms with Crippen molar-refractivity contribution in [3.63, 3.8) is 0 Å². The molecule has 0 bridgehead atoms. The fraction of sp³-hybridized carbons (Fsp3) is 0.263. The molecule has 0 aliphatic rings. The zero-order valence-electron chi connectivity index (χ0n) is 15.6. The third-order valence-electron chi connectivity index (χ3n) is 4.35. The normalized spacial score (nSPS) is 12.2. The van der Waals surface area contributed by atoms with Gasteiger partial charge in [-0.2, -0.15) is 0 Å². The summed E-state index contributed by atoms with van der Waals surface area (Å²) in [5.41, 5.74) is 0.407. The standard InChI is InChI=1S/C19H19BrClN3O5/c1-23-7-15(29-9-11(26)8-25)18(28)17-14(6-16(27)24(2)19(17)23)22-13-4-3-10(20)5-12(13)21/h3-7,11,22,25-26H,8-9H2,1-2H3/t11-/m1/s1. The Hall–Kier alpha value is -2.33. The van der Waals surface area contributed by atoms with Crippen molar-refractivity contribution in [2.75, 3.05) is 18.5 Å². The van der Waals surface area contributed by atoms with Crippen molar-refractivity contribution < 1.29 is 14.9 Å². The van der Waals surface area contributed by atoms with Crippen LogP contribution >= 0.6 is 27.5 Å². The molecule has 2 aromatic heterocycles. The summed E-state index contributed by atoms with van der Waals surface area (Å²) in [4.78, 5) is 25.6. The number of hydrogen-bond donors (Lipinski definition) is 3. The Balaban J connectivity index is 2.21. The van der Waals surface area contributed by atoms with Crippen LogP contribution in [0.3, 0.4) is 0 Å². The number of nitrogens with one attached hydrogen (secondary N) is 1. The number of fused-ring (bicyclic) bond motifs is 1. The number of rotatable bonds is 6. The van der Waals surface area contributed by atoms with Gasteiger partial charge >= 0.3 is 0 Å². The number of aliphatic hydroxyl groups excluding tert-OH is 2. The van der Waals surface area contributed by atoms with Crippen molar-refractivity contribution in [2.45, 2.75) is 6.10 Å². The summed E-state index contributed by atoms with van der Waals surface area (Å²) in [6.07, 6.45) is 0.319. The monoisotopic (exact) mass is 483 g/mol. The summed E-state index contributed by atoms with van der Waals surface area (Å²) in [5, 5.41) is 22.2. The average Bonchev–Trinajstić information content (AvgIpc) is 2.67. The van der Waals surface area contributed by atoms with Crippen LogP contribution in [-0.2, 0) is 14.1 Å². The molecule has 0 unspecified atom stereocenters. The Morgan fingerprint density at radius 2 is 1.97 bits per heavy atom. The van der Waals surface area contributed by atoms with Crippen LogP contribution in [0.15, 0.2) is 44.5 Å². The van der Waals surface area contributed by atoms with Crippen molar-refractivity contribution in [1.29, 1.82) is 0 Å². The van der Waals surface area contributed by atoms with Crippen LogP contribution in [0.1, 0.15) is 0 Å². The lowest BCUT2D eigenvalue weighted by atomic mass is 10.2. The van der Waals surface area contributed by atoms with Gasteiger partial charge in [-0.25, -0.2) is 0 Å². The molecule has 0 saturated carbocycles. The molecule has 1 atom stereocenters. The third-order valence-corrected chi connectivity index (χ3v) is 5.15. The van der Waals surface area contributed by atoms with Crippen LogP contribution in [-0.4, -0.2) is 38.7 Å². The largest absolute Gasteiger partial charge is 0.485 e. The number of aryl methyl sites for hydroxylation is 2. The maximum Gasteiger partial charge on any atom is 0.253 e. The molecule has 154 valence electrons. The van der Waals surface area contributed by atoms with Crippen molar-refractivity contribution in [2.24, 2.45) is 14.1 Å². The van der Waals surface area contributed by atoms with E-state index in [9.17, 15) is 14.7 Å². The van der Waals surface area contributed by atoms with Gasteiger partial charge in [0, 0.05) is 24.6 Å². The van der Waals surface area contributed by atoms with E-state index in [0.29, 0.717) is 16.4 Å². The summed E-state index contributed by atoms with van der Waals surface area (Å²) >= 11 is 9.60. The summed E-state index contributed by atoms with van der Waals surface area (Å²) in [6, 6.07) is 6.50. The first-order valence-electron chi connectivity index (χ1n) is 8.60. The van der Waals surface area contributed by atoms with Crippen molar-refractivity contribution in [3.05, 3.63) is 60.5 Å². The van der Waals surface area contributed by atoms with Crippen LogP contribution in [0.5, 0.6) is 5.75 Å². The number of pyridine rings is 2. The van der Waals surface area contributed by atoms with Crippen molar-refractivity contribution >= 4 is 49.9 Å². The van der Waals surface area contributed by atoms with Gasteiger partial charge in [-0.15, -0.1) is 0 Å². The van der Waals surface area contributed by atoms with Crippen LogP contribution in [0.4, 0.5) is 11.4 Å². The number of hydrogen-bond acceptors (Lipinski definition) is 6. The summed E-state index contributed by atoms with van der Waals surface area (Å²) in [7, 11) is 3.24. The van der Waals surface area contributed by atoms with E-state index in [4.69, 9.17) is 21.4 Å². The van der Waals surface area contributed by atoms with Crippen LogP contribution in [0, 0.1) is 0 Å². The predicted molar refractivity (Wildman–Crippen MR) is 115 cm³/mol. The number of ether oxygens (including phenoxy) is 1. The first-order valence-corrected chi connectivity index (χ1v) is 9.77. The quantitative estimate of drug-likeness (QED) is 0.495.